The Morgan fingerprint density at radius 3 is 2.60 bits per heavy atom. The smallest absolute Gasteiger partial charge is 0.241 e. The molecular formula is C15H14BrClN2O. The molecule has 2 aromatic carbocycles. The van der Waals surface area contributed by atoms with E-state index in [1.54, 1.807) is 12.1 Å². The molecule has 0 unspecified atom stereocenters. The minimum atomic E-state index is -0.614. The maximum Gasteiger partial charge on any atom is 0.241 e. The molecular weight excluding hydrogens is 340 g/mol. The summed E-state index contributed by atoms with van der Waals surface area (Å²) in [4.78, 5) is 12.0. The van der Waals surface area contributed by atoms with Gasteiger partial charge in [-0.2, -0.15) is 0 Å². The molecule has 0 fully saturated rings. The molecule has 5 heteroatoms. The van der Waals surface area contributed by atoms with Crippen LogP contribution in [0.2, 0.25) is 5.02 Å². The quantitative estimate of drug-likeness (QED) is 0.882. The molecule has 1 atom stereocenters. The van der Waals surface area contributed by atoms with Crippen LogP contribution in [0.15, 0.2) is 53.0 Å². The van der Waals surface area contributed by atoms with Gasteiger partial charge in [-0.25, -0.2) is 0 Å². The lowest BCUT2D eigenvalue weighted by Crippen LogP contribution is -2.37. The zero-order chi connectivity index (χ0) is 14.5. The minimum absolute atomic E-state index is 0.252. The Bertz CT molecular complexity index is 604. The molecule has 2 aromatic rings. The number of carbonyl (C=O) groups excluding carboxylic acids is 1. The molecule has 0 aliphatic heterocycles. The maximum atomic E-state index is 12.0. The molecule has 0 aliphatic rings. The van der Waals surface area contributed by atoms with Crippen LogP contribution in [0.3, 0.4) is 0 Å². The van der Waals surface area contributed by atoms with E-state index < -0.39 is 6.04 Å². The largest absolute Gasteiger partial charge is 0.323 e. The van der Waals surface area contributed by atoms with Gasteiger partial charge in [-0.3, -0.25) is 4.79 Å². The molecule has 0 aliphatic carbocycles. The van der Waals surface area contributed by atoms with Crippen molar-refractivity contribution in [1.29, 1.82) is 0 Å². The van der Waals surface area contributed by atoms with E-state index in [-0.39, 0.29) is 5.91 Å². The summed E-state index contributed by atoms with van der Waals surface area (Å²) in [6, 6.07) is 14.3. The van der Waals surface area contributed by atoms with Crippen LogP contribution < -0.4 is 11.1 Å². The van der Waals surface area contributed by atoms with Crippen molar-refractivity contribution in [3.8, 4) is 0 Å². The summed E-state index contributed by atoms with van der Waals surface area (Å²) in [5.74, 6) is -0.252. The molecule has 104 valence electrons. The number of halogens is 2. The van der Waals surface area contributed by atoms with Gasteiger partial charge in [0.1, 0.15) is 0 Å². The van der Waals surface area contributed by atoms with Crippen molar-refractivity contribution in [2.45, 2.75) is 12.5 Å². The lowest BCUT2D eigenvalue weighted by Gasteiger charge is -2.13. The lowest BCUT2D eigenvalue weighted by atomic mass is 10.1. The number of hydrogen-bond acceptors (Lipinski definition) is 2. The highest BCUT2D eigenvalue weighted by atomic mass is 79.9. The summed E-state index contributed by atoms with van der Waals surface area (Å²) < 4.78 is 0.856. The molecule has 0 heterocycles. The fourth-order valence-corrected chi connectivity index (χ4v) is 2.50. The van der Waals surface area contributed by atoms with Crippen molar-refractivity contribution < 1.29 is 4.79 Å². The summed E-state index contributed by atoms with van der Waals surface area (Å²) >= 11 is 9.37. The molecule has 1 amide bonds. The Balaban J connectivity index is 2.01. The first-order valence-electron chi connectivity index (χ1n) is 6.11. The van der Waals surface area contributed by atoms with E-state index in [1.807, 2.05) is 36.4 Å². The molecule has 0 spiro atoms. The Morgan fingerprint density at radius 2 is 1.95 bits per heavy atom. The molecule has 3 N–H and O–H groups in total. The summed E-state index contributed by atoms with van der Waals surface area (Å²) in [5.41, 5.74) is 7.50. The highest BCUT2D eigenvalue weighted by Gasteiger charge is 2.15. The van der Waals surface area contributed by atoms with Crippen LogP contribution >= 0.6 is 27.5 Å². The number of hydrogen-bond donors (Lipinski definition) is 2. The molecule has 0 bridgehead atoms. The van der Waals surface area contributed by atoms with Crippen LogP contribution in [-0.2, 0) is 11.2 Å². The van der Waals surface area contributed by atoms with Gasteiger partial charge in [-0.1, -0.05) is 57.9 Å². The molecule has 3 nitrogen and oxygen atoms in total. The average Bonchev–Trinajstić information content (AvgIpc) is 2.43. The van der Waals surface area contributed by atoms with E-state index in [0.29, 0.717) is 17.1 Å². The van der Waals surface area contributed by atoms with E-state index in [0.717, 1.165) is 10.0 Å². The predicted molar refractivity (Wildman–Crippen MR) is 85.9 cm³/mol. The van der Waals surface area contributed by atoms with Crippen molar-refractivity contribution in [2.24, 2.45) is 5.73 Å². The third kappa shape index (κ3) is 4.07. The fraction of sp³-hybridized carbons (Fsp3) is 0.133. The van der Waals surface area contributed by atoms with E-state index in [4.69, 9.17) is 17.3 Å². The second kappa shape index (κ2) is 6.88. The van der Waals surface area contributed by atoms with Crippen molar-refractivity contribution in [3.63, 3.8) is 0 Å². The first-order chi connectivity index (χ1) is 9.56. The average molecular weight is 354 g/mol. The normalized spacial score (nSPS) is 11.9. The molecule has 0 saturated carbocycles. The SMILES string of the molecule is N[C@@H](Cc1ccccc1)C(=O)Nc1ccc(Br)cc1Cl. The van der Waals surface area contributed by atoms with Crippen molar-refractivity contribution in [1.82, 2.24) is 0 Å². The number of amides is 1. The second-order valence-electron chi connectivity index (χ2n) is 4.41. The van der Waals surface area contributed by atoms with Crippen molar-refractivity contribution in [2.75, 3.05) is 5.32 Å². The van der Waals surface area contributed by atoms with Gasteiger partial charge in [0.05, 0.1) is 16.8 Å². The predicted octanol–water partition coefficient (Wildman–Crippen LogP) is 3.61. The second-order valence-corrected chi connectivity index (χ2v) is 5.73. The minimum Gasteiger partial charge on any atom is -0.323 e. The van der Waals surface area contributed by atoms with E-state index in [9.17, 15) is 4.79 Å². The summed E-state index contributed by atoms with van der Waals surface area (Å²) in [7, 11) is 0. The first kappa shape index (κ1) is 15.0. The fourth-order valence-electron chi connectivity index (χ4n) is 1.78. The van der Waals surface area contributed by atoms with Crippen LogP contribution in [0, 0.1) is 0 Å². The highest BCUT2D eigenvalue weighted by Crippen LogP contribution is 2.25. The molecule has 0 radical (unpaired) electrons. The molecule has 2 rings (SSSR count). The summed E-state index contributed by atoms with van der Waals surface area (Å²) in [6.45, 7) is 0. The van der Waals surface area contributed by atoms with Gasteiger partial charge in [-0.05, 0) is 30.2 Å². The van der Waals surface area contributed by atoms with Crippen LogP contribution in [0.5, 0.6) is 0 Å². The van der Waals surface area contributed by atoms with Crippen LogP contribution in [-0.4, -0.2) is 11.9 Å². The zero-order valence-corrected chi connectivity index (χ0v) is 13.0. The third-order valence-corrected chi connectivity index (χ3v) is 3.63. The highest BCUT2D eigenvalue weighted by molar-refractivity contribution is 9.10. The summed E-state index contributed by atoms with van der Waals surface area (Å²) in [5, 5.41) is 3.21. The molecule has 20 heavy (non-hydrogen) atoms. The Morgan fingerprint density at radius 1 is 1.25 bits per heavy atom. The Hall–Kier alpha value is -1.36. The van der Waals surface area contributed by atoms with Gasteiger partial charge in [0.15, 0.2) is 0 Å². The number of nitrogens with two attached hydrogens (primary N) is 1. The van der Waals surface area contributed by atoms with Gasteiger partial charge < -0.3 is 11.1 Å². The van der Waals surface area contributed by atoms with Crippen LogP contribution in [0.4, 0.5) is 5.69 Å². The van der Waals surface area contributed by atoms with E-state index in [1.165, 1.54) is 0 Å². The Labute approximate surface area is 131 Å². The first-order valence-corrected chi connectivity index (χ1v) is 7.29. The van der Waals surface area contributed by atoms with Crippen LogP contribution in [0.25, 0.3) is 0 Å². The molecule has 0 saturated heterocycles. The third-order valence-electron chi connectivity index (χ3n) is 2.82. The van der Waals surface area contributed by atoms with Gasteiger partial charge in [0.2, 0.25) is 5.91 Å². The topological polar surface area (TPSA) is 55.1 Å². The standard InChI is InChI=1S/C15H14BrClN2O/c16-11-6-7-14(12(17)9-11)19-15(20)13(18)8-10-4-2-1-3-5-10/h1-7,9,13H,8,18H2,(H,19,20)/t13-/m0/s1. The summed E-state index contributed by atoms with van der Waals surface area (Å²) in [6.07, 6.45) is 0.487. The monoisotopic (exact) mass is 352 g/mol. The van der Waals surface area contributed by atoms with Crippen molar-refractivity contribution in [3.05, 3.63) is 63.6 Å². The lowest BCUT2D eigenvalue weighted by molar-refractivity contribution is -0.117. The molecule has 0 aromatic heterocycles. The van der Waals surface area contributed by atoms with Gasteiger partial charge in [-0.15, -0.1) is 0 Å². The number of rotatable bonds is 4. The van der Waals surface area contributed by atoms with Gasteiger partial charge in [0.25, 0.3) is 0 Å². The van der Waals surface area contributed by atoms with Crippen molar-refractivity contribution >= 4 is 39.1 Å². The maximum absolute atomic E-state index is 12.0. The van der Waals surface area contributed by atoms with E-state index in [2.05, 4.69) is 21.2 Å². The number of nitrogens with one attached hydrogen (secondary N) is 1. The Kier molecular flexibility index (Phi) is 5.17. The zero-order valence-electron chi connectivity index (χ0n) is 10.6. The number of benzene rings is 2. The van der Waals surface area contributed by atoms with Gasteiger partial charge in [0, 0.05) is 4.47 Å². The number of anilines is 1. The number of carbonyl (C=O) groups is 1. The van der Waals surface area contributed by atoms with Gasteiger partial charge >= 0.3 is 0 Å². The van der Waals surface area contributed by atoms with E-state index >= 15 is 0 Å². The van der Waals surface area contributed by atoms with Crippen LogP contribution in [0.1, 0.15) is 5.56 Å².